The van der Waals surface area contributed by atoms with Crippen molar-refractivity contribution >= 4 is 18.3 Å². The topological polar surface area (TPSA) is 66.6 Å². The number of amides is 1. The molecule has 0 spiro atoms. The van der Waals surface area contributed by atoms with E-state index in [4.69, 9.17) is 10.9 Å². The fraction of sp³-hybridized carbons (Fsp3) is 0.800. The molecule has 0 aromatic carbocycles. The zero-order valence-corrected chi connectivity index (χ0v) is 7.52. The van der Waals surface area contributed by atoms with E-state index < -0.39 is 29.7 Å². The van der Waals surface area contributed by atoms with Crippen LogP contribution in [0.3, 0.4) is 0 Å². The molecule has 3 N–H and O–H groups in total. The number of carbonyl (C=O) groups excluding carboxylic acids is 1. The summed E-state index contributed by atoms with van der Waals surface area (Å²) in [6.07, 6.45) is -4.61. The second kappa shape index (κ2) is 5.25. The number of carbonyl (C=O) groups is 1. The first-order valence-electron chi connectivity index (χ1n) is 3.06. The van der Waals surface area contributed by atoms with Gasteiger partial charge < -0.3 is 5.73 Å². The first-order valence-corrected chi connectivity index (χ1v) is 3.06. The highest BCUT2D eigenvalue weighted by molar-refractivity contribution is 5.85. The molecule has 80 valence electrons. The van der Waals surface area contributed by atoms with Crippen molar-refractivity contribution in [3.63, 3.8) is 0 Å². The van der Waals surface area contributed by atoms with Gasteiger partial charge in [-0.3, -0.25) is 10.0 Å². The molecule has 0 bridgehead atoms. The predicted molar refractivity (Wildman–Crippen MR) is 40.5 cm³/mol. The molecule has 0 saturated carbocycles. The minimum absolute atomic E-state index is 0. The average molecular weight is 223 g/mol. The highest BCUT2D eigenvalue weighted by atomic mass is 35.5. The number of rotatable bonds is 2. The highest BCUT2D eigenvalue weighted by Crippen LogP contribution is 2.15. The molecule has 0 aromatic heterocycles. The van der Waals surface area contributed by atoms with E-state index in [2.05, 4.69) is 0 Å². The molecule has 0 aliphatic rings. The Bertz CT molecular complexity index is 174. The van der Waals surface area contributed by atoms with Gasteiger partial charge in [-0.15, -0.1) is 12.4 Å². The Morgan fingerprint density at radius 2 is 2.00 bits per heavy atom. The van der Waals surface area contributed by atoms with Gasteiger partial charge in [0, 0.05) is 0 Å². The monoisotopic (exact) mass is 222 g/mol. The molecule has 13 heavy (non-hydrogen) atoms. The Morgan fingerprint density at radius 1 is 1.62 bits per heavy atom. The zero-order valence-electron chi connectivity index (χ0n) is 6.71. The van der Waals surface area contributed by atoms with Crippen molar-refractivity contribution in [2.75, 3.05) is 6.54 Å². The van der Waals surface area contributed by atoms with Gasteiger partial charge in [0.05, 0.1) is 6.04 Å². The van der Waals surface area contributed by atoms with Gasteiger partial charge in [-0.25, -0.2) is 5.06 Å². The molecule has 1 atom stereocenters. The molecule has 0 aromatic rings. The van der Waals surface area contributed by atoms with E-state index >= 15 is 0 Å². The molecule has 0 rings (SSSR count). The fourth-order valence-corrected chi connectivity index (χ4v) is 0.483. The van der Waals surface area contributed by atoms with Crippen molar-refractivity contribution in [1.29, 1.82) is 0 Å². The van der Waals surface area contributed by atoms with Crippen LogP contribution in [0.1, 0.15) is 6.92 Å². The summed E-state index contributed by atoms with van der Waals surface area (Å²) in [5.41, 5.74) is 4.94. The van der Waals surface area contributed by atoms with E-state index in [1.54, 1.807) is 0 Å². The Balaban J connectivity index is 0. The van der Waals surface area contributed by atoms with Crippen LogP contribution in [0, 0.1) is 0 Å². The number of alkyl halides is 3. The van der Waals surface area contributed by atoms with Crippen LogP contribution < -0.4 is 5.73 Å². The lowest BCUT2D eigenvalue weighted by Crippen LogP contribution is -2.44. The van der Waals surface area contributed by atoms with Gasteiger partial charge in [0.15, 0.2) is 0 Å². The lowest BCUT2D eigenvalue weighted by atomic mass is 10.3. The first-order chi connectivity index (χ1) is 5.24. The quantitative estimate of drug-likeness (QED) is 0.529. The van der Waals surface area contributed by atoms with Crippen molar-refractivity contribution in [2.45, 2.75) is 19.1 Å². The van der Waals surface area contributed by atoms with Crippen LogP contribution in [0.2, 0.25) is 0 Å². The summed E-state index contributed by atoms with van der Waals surface area (Å²) in [5, 5.41) is 8.07. The summed E-state index contributed by atoms with van der Waals surface area (Å²) < 4.78 is 34.6. The summed E-state index contributed by atoms with van der Waals surface area (Å²) in [4.78, 5) is 10.6. The van der Waals surface area contributed by atoms with Crippen LogP contribution >= 0.6 is 12.4 Å². The molecule has 0 aliphatic heterocycles. The Labute approximate surface area is 78.9 Å². The van der Waals surface area contributed by atoms with Gasteiger partial charge in [0.2, 0.25) is 0 Å². The predicted octanol–water partition coefficient (Wildman–Crippen LogP) is 0.535. The maximum absolute atomic E-state index is 11.5. The number of halogens is 4. The van der Waals surface area contributed by atoms with E-state index in [-0.39, 0.29) is 12.4 Å². The van der Waals surface area contributed by atoms with Crippen molar-refractivity contribution in [1.82, 2.24) is 5.06 Å². The third-order valence-electron chi connectivity index (χ3n) is 0.973. The average Bonchev–Trinajstić information content (AvgIpc) is 1.82. The van der Waals surface area contributed by atoms with Crippen molar-refractivity contribution in [2.24, 2.45) is 5.73 Å². The van der Waals surface area contributed by atoms with Crippen LogP contribution in [0.4, 0.5) is 13.2 Å². The molecule has 0 heterocycles. The summed E-state index contributed by atoms with van der Waals surface area (Å²) in [5.74, 6) is -1.16. The normalized spacial score (nSPS) is 13.1. The Morgan fingerprint density at radius 3 is 2.23 bits per heavy atom. The summed E-state index contributed by atoms with van der Waals surface area (Å²) in [6.45, 7) is -0.519. The van der Waals surface area contributed by atoms with Crippen LogP contribution in [0.25, 0.3) is 0 Å². The standard InChI is InChI=1S/C5H9F3N2O2.ClH/c1-3(9)4(11)10(12)2-5(6,7)8;/h3,12H,2,9H2,1H3;1H/t3-;/m1./s1. The molecule has 4 nitrogen and oxygen atoms in total. The molecule has 0 aliphatic carbocycles. The second-order valence-electron chi connectivity index (χ2n) is 2.30. The van der Waals surface area contributed by atoms with Gasteiger partial charge in [-0.05, 0) is 6.92 Å². The van der Waals surface area contributed by atoms with E-state index in [0.717, 1.165) is 0 Å². The number of hydrogen-bond donors (Lipinski definition) is 2. The van der Waals surface area contributed by atoms with Gasteiger partial charge in [0.25, 0.3) is 5.91 Å². The number of hydrogen-bond acceptors (Lipinski definition) is 3. The van der Waals surface area contributed by atoms with Gasteiger partial charge in [0.1, 0.15) is 6.54 Å². The molecule has 0 unspecified atom stereocenters. The third kappa shape index (κ3) is 6.62. The van der Waals surface area contributed by atoms with Gasteiger partial charge >= 0.3 is 6.18 Å². The van der Waals surface area contributed by atoms with E-state index in [1.165, 1.54) is 6.92 Å². The molecule has 0 radical (unpaired) electrons. The minimum atomic E-state index is -4.61. The van der Waals surface area contributed by atoms with Crippen LogP contribution in [-0.2, 0) is 4.79 Å². The molecule has 0 fully saturated rings. The second-order valence-corrected chi connectivity index (χ2v) is 2.30. The molecular formula is C5H10ClF3N2O2. The van der Waals surface area contributed by atoms with Crippen LogP contribution in [0.5, 0.6) is 0 Å². The summed E-state index contributed by atoms with van der Waals surface area (Å²) in [6, 6.07) is -1.14. The largest absolute Gasteiger partial charge is 0.408 e. The third-order valence-corrected chi connectivity index (χ3v) is 0.973. The van der Waals surface area contributed by atoms with Crippen molar-refractivity contribution < 1.29 is 23.2 Å². The zero-order chi connectivity index (χ0) is 9.94. The molecule has 8 heteroatoms. The SMILES string of the molecule is C[C@@H](N)C(=O)N(O)CC(F)(F)F.Cl. The maximum Gasteiger partial charge on any atom is 0.408 e. The lowest BCUT2D eigenvalue weighted by Gasteiger charge is -2.18. The van der Waals surface area contributed by atoms with Crippen LogP contribution in [0.15, 0.2) is 0 Å². The minimum Gasteiger partial charge on any atom is -0.320 e. The number of hydroxylamine groups is 2. The maximum atomic E-state index is 11.5. The van der Waals surface area contributed by atoms with Gasteiger partial charge in [-0.1, -0.05) is 0 Å². The highest BCUT2D eigenvalue weighted by Gasteiger charge is 2.33. The Hall–Kier alpha value is -0.530. The van der Waals surface area contributed by atoms with Crippen molar-refractivity contribution in [3.8, 4) is 0 Å². The van der Waals surface area contributed by atoms with Crippen molar-refractivity contribution in [3.05, 3.63) is 0 Å². The van der Waals surface area contributed by atoms with E-state index in [1.807, 2.05) is 0 Å². The number of nitrogens with two attached hydrogens (primary N) is 1. The smallest absolute Gasteiger partial charge is 0.320 e. The molecular weight excluding hydrogens is 213 g/mol. The van der Waals surface area contributed by atoms with Crippen LogP contribution in [-0.4, -0.2) is 34.9 Å². The summed E-state index contributed by atoms with van der Waals surface area (Å²) >= 11 is 0. The van der Waals surface area contributed by atoms with E-state index in [0.29, 0.717) is 0 Å². The Kier molecular flexibility index (Phi) is 6.05. The molecule has 0 saturated heterocycles. The molecule has 1 amide bonds. The first kappa shape index (κ1) is 15.0. The number of nitrogens with zero attached hydrogens (tertiary/aromatic N) is 1. The van der Waals surface area contributed by atoms with E-state index in [9.17, 15) is 18.0 Å². The lowest BCUT2D eigenvalue weighted by molar-refractivity contribution is -0.213. The fourth-order valence-electron chi connectivity index (χ4n) is 0.483. The van der Waals surface area contributed by atoms with Gasteiger partial charge in [-0.2, -0.15) is 13.2 Å². The summed E-state index contributed by atoms with van der Waals surface area (Å²) in [7, 11) is 0.